The van der Waals surface area contributed by atoms with E-state index in [-0.39, 0.29) is 5.91 Å². The Labute approximate surface area is 110 Å². The van der Waals surface area contributed by atoms with E-state index in [2.05, 4.69) is 36.7 Å². The number of carbonyl (C=O) groups is 1. The van der Waals surface area contributed by atoms with Crippen LogP contribution in [-0.2, 0) is 0 Å². The first-order valence-electron chi connectivity index (χ1n) is 6.04. The minimum Gasteiger partial charge on any atom is -0.457 e. The maximum absolute atomic E-state index is 12.4. The van der Waals surface area contributed by atoms with Gasteiger partial charge in [-0.25, -0.2) is 0 Å². The lowest BCUT2D eigenvalue weighted by molar-refractivity contribution is 0.0454. The summed E-state index contributed by atoms with van der Waals surface area (Å²) in [6.45, 7) is 7.38. The molecule has 3 atom stereocenters. The van der Waals surface area contributed by atoms with Crippen molar-refractivity contribution in [2.75, 3.05) is 6.54 Å². The zero-order valence-corrected chi connectivity index (χ0v) is 12.0. The molecular weight excluding hydrogens is 282 g/mol. The van der Waals surface area contributed by atoms with E-state index in [9.17, 15) is 4.79 Å². The number of furan rings is 1. The summed E-state index contributed by atoms with van der Waals surface area (Å²) in [6, 6.07) is 2.02. The van der Waals surface area contributed by atoms with Crippen molar-refractivity contribution in [2.24, 2.45) is 11.8 Å². The van der Waals surface area contributed by atoms with E-state index in [0.717, 1.165) is 6.54 Å². The number of hydrogen-bond donors (Lipinski definition) is 0. The zero-order chi connectivity index (χ0) is 12.6. The van der Waals surface area contributed by atoms with E-state index in [1.165, 1.54) is 6.42 Å². The maximum atomic E-state index is 12.4. The molecule has 1 fully saturated rings. The van der Waals surface area contributed by atoms with Crippen molar-refractivity contribution in [3.05, 3.63) is 22.6 Å². The van der Waals surface area contributed by atoms with Crippen molar-refractivity contribution >= 4 is 21.8 Å². The Bertz CT molecular complexity index is 415. The fourth-order valence-electron chi connectivity index (χ4n) is 2.58. The number of piperidine rings is 1. The molecule has 0 bridgehead atoms. The Morgan fingerprint density at radius 3 is 2.76 bits per heavy atom. The van der Waals surface area contributed by atoms with Crippen LogP contribution in [0.2, 0.25) is 0 Å². The van der Waals surface area contributed by atoms with E-state index in [1.807, 2.05) is 4.90 Å². The third-order valence-corrected chi connectivity index (χ3v) is 4.32. The molecular formula is C13H18BrNO2. The van der Waals surface area contributed by atoms with Gasteiger partial charge in [-0.2, -0.15) is 0 Å². The molecule has 0 aliphatic carbocycles. The number of likely N-dealkylation sites (tertiary alicyclic amines) is 1. The first-order chi connectivity index (χ1) is 8.00. The van der Waals surface area contributed by atoms with Crippen molar-refractivity contribution in [3.8, 4) is 0 Å². The Morgan fingerprint density at radius 2 is 2.18 bits per heavy atom. The van der Waals surface area contributed by atoms with Crippen molar-refractivity contribution in [3.63, 3.8) is 0 Å². The number of rotatable bonds is 1. The van der Waals surface area contributed by atoms with Gasteiger partial charge in [0, 0.05) is 12.6 Å². The van der Waals surface area contributed by atoms with Gasteiger partial charge in [-0.3, -0.25) is 4.79 Å². The summed E-state index contributed by atoms with van der Waals surface area (Å²) in [6.07, 6.45) is 2.73. The largest absolute Gasteiger partial charge is 0.457 e. The first-order valence-corrected chi connectivity index (χ1v) is 6.84. The summed E-state index contributed by atoms with van der Waals surface area (Å²) in [5, 5.41) is 0. The van der Waals surface area contributed by atoms with Gasteiger partial charge in [-0.1, -0.05) is 13.8 Å². The molecule has 4 heteroatoms. The minimum atomic E-state index is 0.0662. The Kier molecular flexibility index (Phi) is 3.61. The lowest BCUT2D eigenvalue weighted by atomic mass is 9.85. The van der Waals surface area contributed by atoms with Gasteiger partial charge in [0.2, 0.25) is 0 Å². The van der Waals surface area contributed by atoms with Crippen LogP contribution in [0.5, 0.6) is 0 Å². The molecule has 0 radical (unpaired) electrons. The number of carbonyl (C=O) groups excluding carboxylic acids is 1. The van der Waals surface area contributed by atoms with E-state index >= 15 is 0 Å². The quantitative estimate of drug-likeness (QED) is 0.794. The van der Waals surface area contributed by atoms with Crippen LogP contribution in [0.1, 0.15) is 37.6 Å². The monoisotopic (exact) mass is 299 g/mol. The van der Waals surface area contributed by atoms with Gasteiger partial charge in [-0.05, 0) is 47.2 Å². The van der Waals surface area contributed by atoms with Gasteiger partial charge >= 0.3 is 0 Å². The van der Waals surface area contributed by atoms with Crippen LogP contribution in [0, 0.1) is 11.8 Å². The average Bonchev–Trinajstić information content (AvgIpc) is 2.69. The summed E-state index contributed by atoms with van der Waals surface area (Å²) in [4.78, 5) is 14.4. The second-order valence-corrected chi connectivity index (χ2v) is 5.84. The smallest absolute Gasteiger partial charge is 0.258 e. The molecule has 1 aromatic rings. The number of hydrogen-bond acceptors (Lipinski definition) is 2. The van der Waals surface area contributed by atoms with Gasteiger partial charge < -0.3 is 9.32 Å². The van der Waals surface area contributed by atoms with Gasteiger partial charge in [0.25, 0.3) is 5.91 Å². The molecule has 0 aromatic carbocycles. The Hall–Kier alpha value is -0.770. The van der Waals surface area contributed by atoms with E-state index in [1.54, 1.807) is 12.3 Å². The molecule has 1 saturated heterocycles. The molecule has 94 valence electrons. The van der Waals surface area contributed by atoms with Crippen LogP contribution in [0.15, 0.2) is 21.4 Å². The molecule has 2 heterocycles. The lowest BCUT2D eigenvalue weighted by Gasteiger charge is -2.41. The third kappa shape index (κ3) is 2.41. The van der Waals surface area contributed by atoms with Crippen LogP contribution in [0.4, 0.5) is 0 Å². The van der Waals surface area contributed by atoms with Gasteiger partial charge in [0.15, 0.2) is 4.67 Å². The topological polar surface area (TPSA) is 33.5 Å². The van der Waals surface area contributed by atoms with Gasteiger partial charge in [-0.15, -0.1) is 0 Å². The number of halogens is 1. The van der Waals surface area contributed by atoms with Gasteiger partial charge in [0.1, 0.15) is 0 Å². The van der Waals surface area contributed by atoms with E-state index < -0.39 is 0 Å². The fraction of sp³-hybridized carbons (Fsp3) is 0.615. The molecule has 0 N–H and O–H groups in total. The second-order valence-electron chi connectivity index (χ2n) is 5.12. The highest BCUT2D eigenvalue weighted by Crippen LogP contribution is 2.29. The summed E-state index contributed by atoms with van der Waals surface area (Å²) in [5.41, 5.74) is 0.623. The maximum Gasteiger partial charge on any atom is 0.258 e. The third-order valence-electron chi connectivity index (χ3n) is 3.71. The predicted octanol–water partition coefficient (Wildman–Crippen LogP) is 3.55. The molecule has 2 rings (SSSR count). The molecule has 1 amide bonds. The van der Waals surface area contributed by atoms with Crippen LogP contribution < -0.4 is 0 Å². The van der Waals surface area contributed by atoms with Crippen LogP contribution in [0.25, 0.3) is 0 Å². The highest BCUT2D eigenvalue weighted by atomic mass is 79.9. The summed E-state index contributed by atoms with van der Waals surface area (Å²) < 4.78 is 5.66. The summed E-state index contributed by atoms with van der Waals surface area (Å²) in [7, 11) is 0. The predicted molar refractivity (Wildman–Crippen MR) is 69.9 cm³/mol. The Balaban J connectivity index is 2.21. The van der Waals surface area contributed by atoms with Crippen LogP contribution in [-0.4, -0.2) is 23.4 Å². The van der Waals surface area contributed by atoms with Crippen molar-refractivity contribution < 1.29 is 9.21 Å². The molecule has 1 aromatic heterocycles. The highest BCUT2D eigenvalue weighted by molar-refractivity contribution is 9.10. The van der Waals surface area contributed by atoms with Crippen molar-refractivity contribution in [2.45, 2.75) is 33.2 Å². The van der Waals surface area contributed by atoms with Crippen LogP contribution in [0.3, 0.4) is 0 Å². The average molecular weight is 300 g/mol. The molecule has 1 aliphatic rings. The summed E-state index contributed by atoms with van der Waals surface area (Å²) in [5.74, 6) is 1.18. The highest BCUT2D eigenvalue weighted by Gasteiger charge is 2.33. The standard InChI is InChI=1S/C13H18BrNO2/c1-8-6-9(2)10(3)15(7-8)13(16)11-4-5-17-12(11)14/h4-5,8-10H,6-7H2,1-3H3. The van der Waals surface area contributed by atoms with Crippen molar-refractivity contribution in [1.29, 1.82) is 0 Å². The number of nitrogens with zero attached hydrogens (tertiary/aromatic N) is 1. The zero-order valence-electron chi connectivity index (χ0n) is 10.4. The number of amides is 1. The van der Waals surface area contributed by atoms with Crippen molar-refractivity contribution in [1.82, 2.24) is 4.90 Å². The molecule has 1 aliphatic heterocycles. The molecule has 17 heavy (non-hydrogen) atoms. The molecule has 3 nitrogen and oxygen atoms in total. The molecule has 0 spiro atoms. The van der Waals surface area contributed by atoms with Crippen LogP contribution >= 0.6 is 15.9 Å². The fourth-order valence-corrected chi connectivity index (χ4v) is 2.99. The summed E-state index contributed by atoms with van der Waals surface area (Å²) >= 11 is 3.27. The molecule has 3 unspecified atom stereocenters. The normalized spacial score (nSPS) is 29.4. The second kappa shape index (κ2) is 4.84. The molecule has 0 saturated carbocycles. The minimum absolute atomic E-state index is 0.0662. The van der Waals surface area contributed by atoms with E-state index in [0.29, 0.717) is 28.1 Å². The lowest BCUT2D eigenvalue weighted by Crippen LogP contribution is -2.48. The Morgan fingerprint density at radius 1 is 1.47 bits per heavy atom. The van der Waals surface area contributed by atoms with Gasteiger partial charge in [0.05, 0.1) is 11.8 Å². The first kappa shape index (κ1) is 12.7. The van der Waals surface area contributed by atoms with E-state index in [4.69, 9.17) is 4.42 Å². The SMILES string of the molecule is CC1CC(C)C(C)N(C(=O)c2ccoc2Br)C1.